The Labute approximate surface area is 142 Å². The lowest BCUT2D eigenvalue weighted by Crippen LogP contribution is -2.55. The number of nitrogens with one attached hydrogen (secondary N) is 2. The Bertz CT molecular complexity index is 523. The summed E-state index contributed by atoms with van der Waals surface area (Å²) in [6.45, 7) is -0.867. The predicted octanol–water partition coefficient (Wildman–Crippen LogP) is -2.91. The minimum atomic E-state index is -1.52. The molecular weight excluding hydrogens is 342 g/mol. The van der Waals surface area contributed by atoms with E-state index in [0.717, 1.165) is 0 Å². The average molecular weight is 363 g/mol. The van der Waals surface area contributed by atoms with Crippen molar-refractivity contribution in [2.24, 2.45) is 5.73 Å². The predicted molar refractivity (Wildman–Crippen MR) is 80.3 cm³/mol. The largest absolute Gasteiger partial charge is 0.481 e. The van der Waals surface area contributed by atoms with Gasteiger partial charge >= 0.3 is 17.9 Å². The van der Waals surface area contributed by atoms with Crippen LogP contribution in [0.4, 0.5) is 0 Å². The summed E-state index contributed by atoms with van der Waals surface area (Å²) in [5.41, 5.74) is 5.45. The minimum Gasteiger partial charge on any atom is -0.481 e. The highest BCUT2D eigenvalue weighted by Gasteiger charge is 2.27. The van der Waals surface area contributed by atoms with Crippen molar-refractivity contribution >= 4 is 29.7 Å². The van der Waals surface area contributed by atoms with E-state index >= 15 is 0 Å². The number of nitrogens with two attached hydrogens (primary N) is 1. The van der Waals surface area contributed by atoms with E-state index in [2.05, 4.69) is 5.32 Å². The molecule has 0 saturated carbocycles. The second-order valence-electron chi connectivity index (χ2n) is 5.11. The van der Waals surface area contributed by atoms with E-state index in [9.17, 15) is 24.0 Å². The van der Waals surface area contributed by atoms with Crippen LogP contribution in [0, 0.1) is 0 Å². The summed E-state index contributed by atoms with van der Waals surface area (Å²) in [5, 5.41) is 39.2. The van der Waals surface area contributed by atoms with Crippen LogP contribution in [0.15, 0.2) is 0 Å². The highest BCUT2D eigenvalue weighted by atomic mass is 16.4. The Balaban J connectivity index is 4.71. The lowest BCUT2D eigenvalue weighted by Gasteiger charge is -2.21. The maximum Gasteiger partial charge on any atom is 0.326 e. The molecule has 0 aromatic rings. The molecule has 0 aromatic heterocycles. The van der Waals surface area contributed by atoms with E-state index in [1.807, 2.05) is 5.32 Å². The van der Waals surface area contributed by atoms with Gasteiger partial charge in [0.1, 0.15) is 12.1 Å². The van der Waals surface area contributed by atoms with Gasteiger partial charge in [0.2, 0.25) is 11.8 Å². The third-order valence-electron chi connectivity index (χ3n) is 3.08. The minimum absolute atomic E-state index is 0.197. The summed E-state index contributed by atoms with van der Waals surface area (Å²) >= 11 is 0. The molecule has 0 aliphatic heterocycles. The fourth-order valence-corrected chi connectivity index (χ4v) is 1.68. The second-order valence-corrected chi connectivity index (χ2v) is 5.11. The van der Waals surface area contributed by atoms with Crippen LogP contribution in [-0.4, -0.2) is 74.9 Å². The van der Waals surface area contributed by atoms with Crippen LogP contribution in [0.2, 0.25) is 0 Å². The molecule has 12 nitrogen and oxygen atoms in total. The molecule has 0 aliphatic carbocycles. The first kappa shape index (κ1) is 22.3. The summed E-state index contributed by atoms with van der Waals surface area (Å²) in [4.78, 5) is 55.6. The molecule has 0 radical (unpaired) electrons. The van der Waals surface area contributed by atoms with E-state index < -0.39 is 60.9 Å². The van der Waals surface area contributed by atoms with Gasteiger partial charge in [0.05, 0.1) is 12.6 Å². The number of carbonyl (C=O) groups excluding carboxylic acids is 2. The highest BCUT2D eigenvalue weighted by molar-refractivity contribution is 5.92. The number of aliphatic hydroxyl groups is 1. The monoisotopic (exact) mass is 363 g/mol. The van der Waals surface area contributed by atoms with Crippen molar-refractivity contribution in [3.8, 4) is 0 Å². The number of hydrogen-bond donors (Lipinski definition) is 7. The van der Waals surface area contributed by atoms with Gasteiger partial charge in [-0.15, -0.1) is 0 Å². The van der Waals surface area contributed by atoms with E-state index in [4.69, 9.17) is 26.2 Å². The lowest BCUT2D eigenvalue weighted by molar-refractivity contribution is -0.143. The molecule has 0 saturated heterocycles. The van der Waals surface area contributed by atoms with Crippen molar-refractivity contribution in [1.82, 2.24) is 10.6 Å². The van der Waals surface area contributed by atoms with Crippen LogP contribution in [0.1, 0.15) is 25.7 Å². The number of carboxylic acid groups (broad SMARTS) is 3. The molecule has 142 valence electrons. The Morgan fingerprint density at radius 2 is 1.28 bits per heavy atom. The third kappa shape index (κ3) is 9.22. The van der Waals surface area contributed by atoms with Crippen LogP contribution in [0.5, 0.6) is 0 Å². The van der Waals surface area contributed by atoms with E-state index in [1.165, 1.54) is 0 Å². The zero-order chi connectivity index (χ0) is 19.6. The van der Waals surface area contributed by atoms with Gasteiger partial charge in [0, 0.05) is 12.8 Å². The zero-order valence-corrected chi connectivity index (χ0v) is 13.2. The first-order chi connectivity index (χ1) is 11.6. The van der Waals surface area contributed by atoms with Crippen molar-refractivity contribution in [2.75, 3.05) is 6.61 Å². The first-order valence-electron chi connectivity index (χ1n) is 7.22. The molecule has 0 rings (SSSR count). The number of aliphatic hydroxyl groups excluding tert-OH is 1. The van der Waals surface area contributed by atoms with Gasteiger partial charge in [-0.25, -0.2) is 4.79 Å². The number of carbonyl (C=O) groups is 5. The number of amides is 2. The summed E-state index contributed by atoms with van der Waals surface area (Å²) in [6, 6.07) is -4.27. The van der Waals surface area contributed by atoms with Gasteiger partial charge < -0.3 is 36.8 Å². The van der Waals surface area contributed by atoms with Gasteiger partial charge in [0.15, 0.2) is 0 Å². The number of hydrogen-bond acceptors (Lipinski definition) is 7. The molecular formula is C13H21N3O9. The van der Waals surface area contributed by atoms with Crippen molar-refractivity contribution < 1.29 is 44.4 Å². The maximum absolute atomic E-state index is 11.9. The Kier molecular flexibility index (Phi) is 9.74. The van der Waals surface area contributed by atoms with Crippen molar-refractivity contribution in [3.63, 3.8) is 0 Å². The number of aliphatic carboxylic acids is 3. The summed E-state index contributed by atoms with van der Waals surface area (Å²) in [5.74, 6) is -5.83. The topological polar surface area (TPSA) is 216 Å². The fourth-order valence-electron chi connectivity index (χ4n) is 1.68. The SMILES string of the molecule is N[C@H](CCC(=O)O)C(=O)N[C@@H](CO)C(=O)N[C@@H](CCC(=O)O)C(=O)O. The molecule has 0 aromatic carbocycles. The van der Waals surface area contributed by atoms with Crippen molar-refractivity contribution in [2.45, 2.75) is 43.8 Å². The number of rotatable bonds is 12. The average Bonchev–Trinajstić information content (AvgIpc) is 2.52. The molecule has 2 amide bonds. The van der Waals surface area contributed by atoms with Gasteiger partial charge in [-0.05, 0) is 12.8 Å². The van der Waals surface area contributed by atoms with Crippen LogP contribution in [0.3, 0.4) is 0 Å². The molecule has 25 heavy (non-hydrogen) atoms. The van der Waals surface area contributed by atoms with Crippen LogP contribution in [0.25, 0.3) is 0 Å². The van der Waals surface area contributed by atoms with Crippen molar-refractivity contribution in [3.05, 3.63) is 0 Å². The molecule has 0 bridgehead atoms. The van der Waals surface area contributed by atoms with Crippen LogP contribution < -0.4 is 16.4 Å². The van der Waals surface area contributed by atoms with Gasteiger partial charge in [-0.3, -0.25) is 19.2 Å². The molecule has 8 N–H and O–H groups in total. The van der Waals surface area contributed by atoms with Gasteiger partial charge in [-0.2, -0.15) is 0 Å². The van der Waals surface area contributed by atoms with Gasteiger partial charge in [-0.1, -0.05) is 0 Å². The third-order valence-corrected chi connectivity index (χ3v) is 3.08. The summed E-state index contributed by atoms with van der Waals surface area (Å²) in [7, 11) is 0. The Morgan fingerprint density at radius 3 is 1.72 bits per heavy atom. The quantitative estimate of drug-likeness (QED) is 0.187. The standard InChI is InChI=1S/C13H21N3O9/c14-6(1-3-9(18)19)11(22)16-8(5-17)12(23)15-7(13(24)25)2-4-10(20)21/h6-8,17H,1-5,14H2,(H,15,23)(H,16,22)(H,18,19)(H,20,21)(H,24,25)/t6-,7+,8+/m1/s1. The molecule has 0 spiro atoms. The van der Waals surface area contributed by atoms with Crippen LogP contribution >= 0.6 is 0 Å². The van der Waals surface area contributed by atoms with Crippen LogP contribution in [-0.2, 0) is 24.0 Å². The molecule has 0 aliphatic rings. The van der Waals surface area contributed by atoms with Crippen molar-refractivity contribution in [1.29, 1.82) is 0 Å². The highest BCUT2D eigenvalue weighted by Crippen LogP contribution is 2.00. The van der Waals surface area contributed by atoms with E-state index in [0.29, 0.717) is 0 Å². The smallest absolute Gasteiger partial charge is 0.326 e. The summed E-state index contributed by atoms with van der Waals surface area (Å²) < 4.78 is 0. The number of carboxylic acids is 3. The van der Waals surface area contributed by atoms with Gasteiger partial charge in [0.25, 0.3) is 0 Å². The Morgan fingerprint density at radius 1 is 0.800 bits per heavy atom. The summed E-state index contributed by atoms with van der Waals surface area (Å²) in [6.07, 6.45) is -1.47. The van der Waals surface area contributed by atoms with E-state index in [-0.39, 0.29) is 19.3 Å². The normalized spacial score (nSPS) is 14.0. The lowest BCUT2D eigenvalue weighted by atomic mass is 10.1. The second kappa shape index (κ2) is 10.9. The molecule has 0 fully saturated rings. The molecule has 3 atom stereocenters. The zero-order valence-electron chi connectivity index (χ0n) is 13.2. The van der Waals surface area contributed by atoms with E-state index in [1.54, 1.807) is 0 Å². The Hall–Kier alpha value is -2.73. The molecule has 12 heteroatoms. The molecule has 0 heterocycles. The maximum atomic E-state index is 11.9. The fraction of sp³-hybridized carbons (Fsp3) is 0.615. The molecule has 0 unspecified atom stereocenters. The first-order valence-corrected chi connectivity index (χ1v) is 7.22.